The van der Waals surface area contributed by atoms with Gasteiger partial charge in [-0.3, -0.25) is 4.79 Å². The molecule has 0 aliphatic heterocycles. The summed E-state index contributed by atoms with van der Waals surface area (Å²) in [5.41, 5.74) is 1.98. The quantitative estimate of drug-likeness (QED) is 0.300. The fraction of sp³-hybridized carbons (Fsp3) is 0.143. The smallest absolute Gasteiger partial charge is 0.290 e. The van der Waals surface area contributed by atoms with Crippen molar-refractivity contribution in [3.63, 3.8) is 0 Å². The lowest BCUT2D eigenvalue weighted by molar-refractivity contribution is -0.115. The number of carbonyl (C=O) groups excluding carboxylic acids is 1. The highest BCUT2D eigenvalue weighted by Crippen LogP contribution is 2.32. The van der Waals surface area contributed by atoms with Crippen LogP contribution < -0.4 is 14.8 Å². The molecule has 2 aromatic heterocycles. The number of halogens is 2. The number of aromatic amines is 1. The lowest BCUT2D eigenvalue weighted by Crippen LogP contribution is -2.17. The van der Waals surface area contributed by atoms with Gasteiger partial charge in [-0.1, -0.05) is 29.3 Å². The third-order valence-corrected chi connectivity index (χ3v) is 4.90. The van der Waals surface area contributed by atoms with Gasteiger partial charge in [0, 0.05) is 28.9 Å². The third-order valence-electron chi connectivity index (χ3n) is 4.18. The van der Waals surface area contributed by atoms with Gasteiger partial charge in [-0.05, 0) is 30.4 Å². The predicted octanol–water partition coefficient (Wildman–Crippen LogP) is 5.07. The minimum atomic E-state index is -0.484. The molecule has 1 aromatic carbocycles. The van der Waals surface area contributed by atoms with Gasteiger partial charge in [0.2, 0.25) is 5.88 Å². The van der Waals surface area contributed by atoms with Crippen LogP contribution in [0.3, 0.4) is 0 Å². The van der Waals surface area contributed by atoms with Crippen molar-refractivity contribution in [1.82, 2.24) is 9.97 Å². The molecular weight excluding hydrogens is 429 g/mol. The molecule has 0 saturated carbocycles. The Morgan fingerprint density at radius 2 is 1.90 bits per heavy atom. The molecule has 2 N–H and O–H groups in total. The third kappa shape index (κ3) is 4.69. The number of allylic oxidation sites excluding steroid dienone is 2. The minimum Gasteiger partial charge on any atom is -0.494 e. The first-order valence-electron chi connectivity index (χ1n) is 8.75. The molecule has 0 unspecified atom stereocenters. The second-order valence-corrected chi connectivity index (χ2v) is 6.84. The van der Waals surface area contributed by atoms with Gasteiger partial charge in [-0.15, -0.1) is 0 Å². The maximum absolute atomic E-state index is 12.6. The Kier molecular flexibility index (Phi) is 6.87. The Bertz CT molecular complexity index is 1080. The van der Waals surface area contributed by atoms with E-state index in [1.807, 2.05) is 6.07 Å². The van der Waals surface area contributed by atoms with Crippen LogP contribution in [0.15, 0.2) is 48.4 Å². The van der Waals surface area contributed by atoms with Crippen LogP contribution >= 0.6 is 23.2 Å². The van der Waals surface area contributed by atoms with E-state index in [1.54, 1.807) is 30.4 Å². The number of benzene rings is 1. The van der Waals surface area contributed by atoms with Crippen LogP contribution in [0.2, 0.25) is 10.0 Å². The van der Waals surface area contributed by atoms with E-state index in [1.165, 1.54) is 33.6 Å². The highest BCUT2D eigenvalue weighted by atomic mass is 35.5. The fourth-order valence-electron chi connectivity index (χ4n) is 2.76. The summed E-state index contributed by atoms with van der Waals surface area (Å²) in [4.78, 5) is 19.9. The number of methoxy groups -OCH3 is 3. The number of H-pyrrole nitrogens is 1. The molecule has 0 saturated heterocycles. The Balaban J connectivity index is 1.80. The lowest BCUT2D eigenvalue weighted by Gasteiger charge is -2.13. The zero-order valence-corrected chi connectivity index (χ0v) is 18.0. The van der Waals surface area contributed by atoms with Crippen molar-refractivity contribution in [1.29, 1.82) is 0 Å². The van der Waals surface area contributed by atoms with Gasteiger partial charge in [-0.2, -0.15) is 0 Å². The van der Waals surface area contributed by atoms with Crippen molar-refractivity contribution < 1.29 is 19.0 Å². The molecule has 2 heterocycles. The number of rotatable bonds is 7. The number of hydrogen-bond acceptors (Lipinski definition) is 5. The SMILES string of the molecule is COC(=CC=Cc1cc2cc(Cl)c(Cl)cc2[nH]1)C(=O)Nc1c(OC)ccnc1OC. The molecule has 0 aliphatic carbocycles. The highest BCUT2D eigenvalue weighted by Gasteiger charge is 2.17. The molecule has 0 radical (unpaired) electrons. The van der Waals surface area contributed by atoms with Gasteiger partial charge in [0.1, 0.15) is 11.4 Å². The molecule has 30 heavy (non-hydrogen) atoms. The van der Waals surface area contributed by atoms with E-state index >= 15 is 0 Å². The van der Waals surface area contributed by atoms with E-state index < -0.39 is 5.91 Å². The molecule has 0 atom stereocenters. The fourth-order valence-corrected chi connectivity index (χ4v) is 3.09. The number of ether oxygens (including phenoxy) is 3. The van der Waals surface area contributed by atoms with Gasteiger partial charge in [0.25, 0.3) is 5.91 Å². The van der Waals surface area contributed by atoms with Gasteiger partial charge >= 0.3 is 0 Å². The summed E-state index contributed by atoms with van der Waals surface area (Å²) in [7, 11) is 4.35. The van der Waals surface area contributed by atoms with Crippen molar-refractivity contribution >= 4 is 51.8 Å². The number of amides is 1. The molecule has 3 aromatic rings. The van der Waals surface area contributed by atoms with Crippen LogP contribution in [0.1, 0.15) is 5.69 Å². The summed E-state index contributed by atoms with van der Waals surface area (Å²) < 4.78 is 15.6. The summed E-state index contributed by atoms with van der Waals surface area (Å²) in [6.07, 6.45) is 6.53. The van der Waals surface area contributed by atoms with Gasteiger partial charge in [0.05, 0.1) is 31.4 Å². The lowest BCUT2D eigenvalue weighted by atomic mass is 10.2. The van der Waals surface area contributed by atoms with Gasteiger partial charge < -0.3 is 24.5 Å². The summed E-state index contributed by atoms with van der Waals surface area (Å²) in [5, 5.41) is 4.58. The van der Waals surface area contributed by atoms with E-state index in [4.69, 9.17) is 37.4 Å². The minimum absolute atomic E-state index is 0.0846. The van der Waals surface area contributed by atoms with Crippen molar-refractivity contribution in [3.8, 4) is 11.6 Å². The Morgan fingerprint density at radius 1 is 1.13 bits per heavy atom. The van der Waals surface area contributed by atoms with Crippen molar-refractivity contribution in [2.24, 2.45) is 0 Å². The summed E-state index contributed by atoms with van der Waals surface area (Å²) in [5.74, 6) is 0.240. The number of fused-ring (bicyclic) bond motifs is 1. The molecule has 0 fully saturated rings. The number of nitrogens with zero attached hydrogens (tertiary/aromatic N) is 1. The van der Waals surface area contributed by atoms with Crippen LogP contribution in [0.25, 0.3) is 17.0 Å². The predicted molar refractivity (Wildman–Crippen MR) is 118 cm³/mol. The number of aromatic nitrogens is 2. The Morgan fingerprint density at radius 3 is 2.60 bits per heavy atom. The van der Waals surface area contributed by atoms with Crippen LogP contribution in [0.4, 0.5) is 5.69 Å². The van der Waals surface area contributed by atoms with Gasteiger partial charge in [0.15, 0.2) is 5.76 Å². The van der Waals surface area contributed by atoms with Crippen LogP contribution in [-0.4, -0.2) is 37.2 Å². The van der Waals surface area contributed by atoms with E-state index in [2.05, 4.69) is 15.3 Å². The van der Waals surface area contributed by atoms with Crippen LogP contribution in [0, 0.1) is 0 Å². The number of anilines is 1. The first-order chi connectivity index (χ1) is 14.5. The summed E-state index contributed by atoms with van der Waals surface area (Å²) in [6, 6.07) is 7.07. The topological polar surface area (TPSA) is 85.5 Å². The molecule has 9 heteroatoms. The van der Waals surface area contributed by atoms with E-state index in [9.17, 15) is 4.79 Å². The average Bonchev–Trinajstić information content (AvgIpc) is 3.12. The molecule has 7 nitrogen and oxygen atoms in total. The molecule has 3 rings (SSSR count). The number of hydrogen-bond donors (Lipinski definition) is 2. The van der Waals surface area contributed by atoms with E-state index in [0.717, 1.165) is 16.6 Å². The maximum atomic E-state index is 12.6. The monoisotopic (exact) mass is 447 g/mol. The largest absolute Gasteiger partial charge is 0.494 e. The second kappa shape index (κ2) is 9.56. The molecule has 0 bridgehead atoms. The van der Waals surface area contributed by atoms with Crippen LogP contribution in [-0.2, 0) is 9.53 Å². The molecule has 1 amide bonds. The second-order valence-electron chi connectivity index (χ2n) is 6.02. The van der Waals surface area contributed by atoms with Crippen molar-refractivity contribution in [3.05, 3.63) is 64.1 Å². The normalized spacial score (nSPS) is 11.7. The number of pyridine rings is 1. The molecular formula is C21H19Cl2N3O4. The zero-order valence-electron chi connectivity index (χ0n) is 16.5. The Hall–Kier alpha value is -3.16. The van der Waals surface area contributed by atoms with Gasteiger partial charge in [-0.25, -0.2) is 4.98 Å². The first-order valence-corrected chi connectivity index (χ1v) is 9.51. The molecule has 0 spiro atoms. The average molecular weight is 448 g/mol. The van der Waals surface area contributed by atoms with E-state index in [0.29, 0.717) is 21.5 Å². The standard InChI is InChI=1S/C21H19Cl2N3O4/c1-28-17-7-8-24-21(30-3)19(17)26-20(27)18(29-2)6-4-5-13-9-12-10-14(22)15(23)11-16(12)25-13/h4-11,25H,1-3H3,(H,26,27). The summed E-state index contributed by atoms with van der Waals surface area (Å²) in [6.45, 7) is 0. The first kappa shape index (κ1) is 21.5. The highest BCUT2D eigenvalue weighted by molar-refractivity contribution is 6.42. The van der Waals surface area contributed by atoms with Crippen molar-refractivity contribution in [2.45, 2.75) is 0 Å². The van der Waals surface area contributed by atoms with Crippen LogP contribution in [0.5, 0.6) is 11.6 Å². The Labute approximate surface area is 183 Å². The summed E-state index contributed by atoms with van der Waals surface area (Å²) >= 11 is 12.1. The number of nitrogens with one attached hydrogen (secondary N) is 2. The molecule has 0 aliphatic rings. The number of carbonyl (C=O) groups is 1. The van der Waals surface area contributed by atoms with Crippen molar-refractivity contribution in [2.75, 3.05) is 26.6 Å². The maximum Gasteiger partial charge on any atom is 0.290 e. The van der Waals surface area contributed by atoms with E-state index in [-0.39, 0.29) is 11.6 Å². The molecule has 156 valence electrons. The zero-order chi connectivity index (χ0) is 21.7.